The Kier molecular flexibility index (Phi) is 4.37. The highest BCUT2D eigenvalue weighted by Crippen LogP contribution is 2.34. The van der Waals surface area contributed by atoms with E-state index >= 15 is 0 Å². The van der Waals surface area contributed by atoms with Gasteiger partial charge < -0.3 is 4.90 Å². The second-order valence-corrected chi connectivity index (χ2v) is 8.67. The summed E-state index contributed by atoms with van der Waals surface area (Å²) in [7, 11) is 0. The van der Waals surface area contributed by atoms with Crippen LogP contribution in [0.3, 0.4) is 0 Å². The van der Waals surface area contributed by atoms with Crippen molar-refractivity contribution in [3.05, 3.63) is 20.8 Å². The van der Waals surface area contributed by atoms with E-state index in [1.807, 2.05) is 16.3 Å². The molecule has 1 saturated heterocycles. The smallest absolute Gasteiger partial charge is 0.263 e. The molecule has 4 nitrogen and oxygen atoms in total. The summed E-state index contributed by atoms with van der Waals surface area (Å²) in [4.78, 5) is 22.9. The number of aromatic nitrogens is 2. The number of thioether (sulfide) groups is 1. The summed E-state index contributed by atoms with van der Waals surface area (Å²) in [5.41, 5.74) is 1.50. The molecule has 1 aliphatic carbocycles. The molecule has 1 fully saturated rings. The van der Waals surface area contributed by atoms with E-state index in [9.17, 15) is 4.79 Å². The van der Waals surface area contributed by atoms with Gasteiger partial charge in [-0.15, -0.1) is 11.3 Å². The van der Waals surface area contributed by atoms with Gasteiger partial charge in [-0.3, -0.25) is 9.36 Å². The van der Waals surface area contributed by atoms with Gasteiger partial charge in [0.25, 0.3) is 5.56 Å². The van der Waals surface area contributed by atoms with Crippen molar-refractivity contribution in [2.24, 2.45) is 0 Å². The lowest BCUT2D eigenvalue weighted by Gasteiger charge is -2.29. The monoisotopic (exact) mass is 349 g/mol. The van der Waals surface area contributed by atoms with Gasteiger partial charge in [-0.25, -0.2) is 4.98 Å². The van der Waals surface area contributed by atoms with Crippen molar-refractivity contribution in [2.45, 2.75) is 45.6 Å². The molecule has 4 rings (SSSR count). The predicted octanol–water partition coefficient (Wildman–Crippen LogP) is 3.30. The lowest BCUT2D eigenvalue weighted by Crippen LogP contribution is -2.38. The second-order valence-electron chi connectivity index (χ2n) is 6.36. The molecule has 2 aliphatic rings. The fourth-order valence-corrected chi connectivity index (χ4v) is 5.81. The Morgan fingerprint density at radius 1 is 1.17 bits per heavy atom. The number of thiophene rings is 1. The molecule has 0 amide bonds. The number of hydrogen-bond acceptors (Lipinski definition) is 5. The third-order valence-corrected chi connectivity index (χ3v) is 6.92. The average Bonchev–Trinajstić information content (AvgIpc) is 2.96. The molecule has 124 valence electrons. The lowest BCUT2D eigenvalue weighted by atomic mass is 9.97. The quantitative estimate of drug-likeness (QED) is 0.852. The Morgan fingerprint density at radius 2 is 1.96 bits per heavy atom. The summed E-state index contributed by atoms with van der Waals surface area (Å²) >= 11 is 3.75. The maximum atomic E-state index is 13.2. The standard InChI is InChI=1S/C17H23N3OS2/c1-2-7-20-16(21)14-12-5-3-4-6-13(12)23-15(14)18-17(20)19-8-10-22-11-9-19/h2-11H2,1H3. The van der Waals surface area contributed by atoms with Gasteiger partial charge in [-0.05, 0) is 37.7 Å². The number of rotatable bonds is 3. The molecule has 0 saturated carbocycles. The van der Waals surface area contributed by atoms with Gasteiger partial charge in [0.2, 0.25) is 5.95 Å². The van der Waals surface area contributed by atoms with E-state index in [4.69, 9.17) is 4.98 Å². The molecule has 6 heteroatoms. The van der Waals surface area contributed by atoms with Crippen LogP contribution in [0.25, 0.3) is 10.2 Å². The van der Waals surface area contributed by atoms with Gasteiger partial charge in [0.15, 0.2) is 0 Å². The van der Waals surface area contributed by atoms with Crippen LogP contribution in [-0.4, -0.2) is 34.1 Å². The van der Waals surface area contributed by atoms with Crippen molar-refractivity contribution in [1.29, 1.82) is 0 Å². The molecule has 1 aliphatic heterocycles. The molecule has 3 heterocycles. The molecule has 23 heavy (non-hydrogen) atoms. The van der Waals surface area contributed by atoms with E-state index in [2.05, 4.69) is 11.8 Å². The summed E-state index contributed by atoms with van der Waals surface area (Å²) in [6.45, 7) is 4.90. The van der Waals surface area contributed by atoms with E-state index in [1.54, 1.807) is 11.3 Å². The molecular formula is C17H23N3OS2. The van der Waals surface area contributed by atoms with Crippen molar-refractivity contribution in [2.75, 3.05) is 29.5 Å². The fourth-order valence-electron chi connectivity index (χ4n) is 3.66. The number of aryl methyl sites for hydroxylation is 2. The van der Waals surface area contributed by atoms with E-state index in [0.717, 1.165) is 66.6 Å². The predicted molar refractivity (Wildman–Crippen MR) is 100 cm³/mol. The van der Waals surface area contributed by atoms with E-state index in [-0.39, 0.29) is 5.56 Å². The van der Waals surface area contributed by atoms with Crippen molar-refractivity contribution in [3.63, 3.8) is 0 Å². The van der Waals surface area contributed by atoms with Crippen LogP contribution < -0.4 is 10.5 Å². The van der Waals surface area contributed by atoms with Crippen LogP contribution in [-0.2, 0) is 19.4 Å². The Labute approximate surface area is 144 Å². The van der Waals surface area contributed by atoms with Crippen molar-refractivity contribution >= 4 is 39.3 Å². The zero-order valence-corrected chi connectivity index (χ0v) is 15.3. The second kappa shape index (κ2) is 6.48. The minimum atomic E-state index is 0.199. The van der Waals surface area contributed by atoms with Crippen molar-refractivity contribution < 1.29 is 0 Å². The molecule has 0 radical (unpaired) electrons. The molecular weight excluding hydrogens is 326 g/mol. The summed E-state index contributed by atoms with van der Waals surface area (Å²) < 4.78 is 1.94. The number of nitrogens with zero attached hydrogens (tertiary/aromatic N) is 3. The van der Waals surface area contributed by atoms with E-state index in [0.29, 0.717) is 0 Å². The van der Waals surface area contributed by atoms with Crippen LogP contribution >= 0.6 is 23.1 Å². The normalized spacial score (nSPS) is 18.4. The number of hydrogen-bond donors (Lipinski definition) is 0. The zero-order valence-electron chi connectivity index (χ0n) is 13.6. The highest BCUT2D eigenvalue weighted by molar-refractivity contribution is 7.99. The summed E-state index contributed by atoms with van der Waals surface area (Å²) in [5, 5.41) is 0.924. The lowest BCUT2D eigenvalue weighted by molar-refractivity contribution is 0.626. The molecule has 0 unspecified atom stereocenters. The van der Waals surface area contributed by atoms with Gasteiger partial charge in [0, 0.05) is 36.0 Å². The third-order valence-electron chi connectivity index (χ3n) is 4.80. The Balaban J connectivity index is 1.91. The maximum absolute atomic E-state index is 13.2. The number of fused-ring (bicyclic) bond motifs is 3. The Hall–Kier alpha value is -1.01. The van der Waals surface area contributed by atoms with Gasteiger partial charge >= 0.3 is 0 Å². The molecule has 2 aromatic heterocycles. The Morgan fingerprint density at radius 3 is 2.74 bits per heavy atom. The average molecular weight is 350 g/mol. The highest BCUT2D eigenvalue weighted by atomic mass is 32.2. The fraction of sp³-hybridized carbons (Fsp3) is 0.647. The van der Waals surface area contributed by atoms with Crippen LogP contribution in [0.2, 0.25) is 0 Å². The molecule has 0 atom stereocenters. The topological polar surface area (TPSA) is 38.1 Å². The third kappa shape index (κ3) is 2.70. The Bertz CT molecular complexity index is 774. The zero-order chi connectivity index (χ0) is 15.8. The van der Waals surface area contributed by atoms with Crippen molar-refractivity contribution in [3.8, 4) is 0 Å². The first kappa shape index (κ1) is 15.5. The summed E-state index contributed by atoms with van der Waals surface area (Å²) in [6.07, 6.45) is 5.60. The van der Waals surface area contributed by atoms with E-state index in [1.165, 1.54) is 23.3 Å². The highest BCUT2D eigenvalue weighted by Gasteiger charge is 2.24. The van der Waals surface area contributed by atoms with Gasteiger partial charge in [0.05, 0.1) is 5.39 Å². The van der Waals surface area contributed by atoms with Crippen LogP contribution in [0.15, 0.2) is 4.79 Å². The van der Waals surface area contributed by atoms with Crippen LogP contribution in [0.4, 0.5) is 5.95 Å². The van der Waals surface area contributed by atoms with E-state index < -0.39 is 0 Å². The molecule has 0 bridgehead atoms. The van der Waals surface area contributed by atoms with Gasteiger partial charge in [-0.1, -0.05) is 6.92 Å². The molecule has 0 N–H and O–H groups in total. The summed E-state index contributed by atoms with van der Waals surface area (Å²) in [6, 6.07) is 0. The largest absolute Gasteiger partial charge is 0.340 e. The minimum Gasteiger partial charge on any atom is -0.340 e. The first-order valence-electron chi connectivity index (χ1n) is 8.67. The van der Waals surface area contributed by atoms with Crippen LogP contribution in [0, 0.1) is 0 Å². The minimum absolute atomic E-state index is 0.199. The molecule has 2 aromatic rings. The van der Waals surface area contributed by atoms with Gasteiger partial charge in [0.1, 0.15) is 4.83 Å². The maximum Gasteiger partial charge on any atom is 0.263 e. The summed E-state index contributed by atoms with van der Waals surface area (Å²) in [5.74, 6) is 3.16. The SMILES string of the molecule is CCCn1c(N2CCSCC2)nc2sc3c(c2c1=O)CCCC3. The molecule has 0 spiro atoms. The van der Waals surface area contributed by atoms with Crippen LogP contribution in [0.5, 0.6) is 0 Å². The number of anilines is 1. The molecule has 0 aromatic carbocycles. The van der Waals surface area contributed by atoms with Crippen molar-refractivity contribution in [1.82, 2.24) is 9.55 Å². The first-order valence-corrected chi connectivity index (χ1v) is 10.6. The van der Waals surface area contributed by atoms with Gasteiger partial charge in [-0.2, -0.15) is 11.8 Å². The first-order chi connectivity index (χ1) is 11.3. The van der Waals surface area contributed by atoms with Crippen LogP contribution in [0.1, 0.15) is 36.6 Å².